The third kappa shape index (κ3) is 4.23. The van der Waals surface area contributed by atoms with Gasteiger partial charge in [-0.3, -0.25) is 0 Å². The third-order valence-corrected chi connectivity index (χ3v) is 4.10. The van der Waals surface area contributed by atoms with Crippen molar-refractivity contribution in [3.8, 4) is 0 Å². The van der Waals surface area contributed by atoms with Crippen molar-refractivity contribution in [3.05, 3.63) is 0 Å². The minimum Gasteiger partial charge on any atom is -0.390 e. The summed E-state index contributed by atoms with van der Waals surface area (Å²) in [7, 11) is 0. The Bertz CT molecular complexity index is 186. The van der Waals surface area contributed by atoms with E-state index in [1.807, 2.05) is 0 Å². The van der Waals surface area contributed by atoms with E-state index in [0.717, 1.165) is 19.3 Å². The first-order valence-corrected chi connectivity index (χ1v) is 6.73. The second kappa shape index (κ2) is 6.83. The average molecular weight is 248 g/mol. The van der Waals surface area contributed by atoms with Crippen LogP contribution in [0.1, 0.15) is 57.8 Å². The summed E-state index contributed by atoms with van der Waals surface area (Å²) in [6, 6.07) is 0. The first kappa shape index (κ1) is 14.3. The highest BCUT2D eigenvalue weighted by Crippen LogP contribution is 2.31. The molecule has 1 saturated heterocycles. The molecule has 0 radical (unpaired) electrons. The van der Waals surface area contributed by atoms with Crippen LogP contribution in [-0.4, -0.2) is 35.2 Å². The Balaban J connectivity index is 0.00000128. The highest BCUT2D eigenvalue weighted by atomic mass is 35.5. The number of nitrogens with zero attached hydrogens (tertiary/aromatic N) is 1. The van der Waals surface area contributed by atoms with Crippen LogP contribution in [0, 0.1) is 0 Å². The molecule has 0 amide bonds. The van der Waals surface area contributed by atoms with Gasteiger partial charge in [-0.2, -0.15) is 0 Å². The zero-order valence-electron chi connectivity index (χ0n) is 10.3. The Morgan fingerprint density at radius 2 is 1.56 bits per heavy atom. The van der Waals surface area contributed by atoms with Gasteiger partial charge in [-0.15, -0.1) is 12.4 Å². The second-order valence-corrected chi connectivity index (χ2v) is 5.44. The van der Waals surface area contributed by atoms with Gasteiger partial charge in [-0.1, -0.05) is 19.3 Å². The normalized spacial score (nSPS) is 25.3. The van der Waals surface area contributed by atoms with Crippen LogP contribution in [0.5, 0.6) is 0 Å². The lowest BCUT2D eigenvalue weighted by atomic mass is 9.82. The minimum atomic E-state index is -0.294. The molecule has 0 atom stereocenters. The standard InChI is InChI=1S/C13H25NO.ClH/c15-13(7-2-1-3-8-13)9-6-12-14-10-4-5-11-14;/h15H,1-12H2;1H. The molecule has 0 aromatic heterocycles. The Kier molecular flexibility index (Phi) is 6.09. The summed E-state index contributed by atoms with van der Waals surface area (Å²) in [6.45, 7) is 3.79. The van der Waals surface area contributed by atoms with E-state index in [-0.39, 0.29) is 18.0 Å². The molecule has 0 aromatic rings. The van der Waals surface area contributed by atoms with Crippen LogP contribution in [0.3, 0.4) is 0 Å². The maximum Gasteiger partial charge on any atom is 0.0648 e. The molecule has 1 saturated carbocycles. The van der Waals surface area contributed by atoms with Crippen molar-refractivity contribution < 1.29 is 5.11 Å². The van der Waals surface area contributed by atoms with Gasteiger partial charge in [0.1, 0.15) is 0 Å². The lowest BCUT2D eigenvalue weighted by molar-refractivity contribution is -0.00693. The number of rotatable bonds is 4. The second-order valence-electron chi connectivity index (χ2n) is 5.44. The monoisotopic (exact) mass is 247 g/mol. The highest BCUT2D eigenvalue weighted by molar-refractivity contribution is 5.85. The van der Waals surface area contributed by atoms with Crippen molar-refractivity contribution in [2.45, 2.75) is 63.4 Å². The molecule has 0 bridgehead atoms. The zero-order chi connectivity index (χ0) is 10.6. The Morgan fingerprint density at radius 3 is 2.19 bits per heavy atom. The molecule has 0 spiro atoms. The largest absolute Gasteiger partial charge is 0.390 e. The van der Waals surface area contributed by atoms with Gasteiger partial charge in [0.05, 0.1) is 5.60 Å². The smallest absolute Gasteiger partial charge is 0.0648 e. The molecule has 1 aliphatic carbocycles. The van der Waals surface area contributed by atoms with Gasteiger partial charge in [0.25, 0.3) is 0 Å². The van der Waals surface area contributed by atoms with Gasteiger partial charge in [-0.05, 0) is 58.2 Å². The predicted octanol–water partition coefficient (Wildman–Crippen LogP) is 2.98. The summed E-state index contributed by atoms with van der Waals surface area (Å²) < 4.78 is 0. The Labute approximate surface area is 106 Å². The molecule has 0 aromatic carbocycles. The van der Waals surface area contributed by atoms with E-state index in [0.29, 0.717) is 0 Å². The zero-order valence-corrected chi connectivity index (χ0v) is 11.1. The van der Waals surface area contributed by atoms with Crippen molar-refractivity contribution in [1.82, 2.24) is 4.90 Å². The van der Waals surface area contributed by atoms with Crippen molar-refractivity contribution >= 4 is 12.4 Å². The van der Waals surface area contributed by atoms with Crippen molar-refractivity contribution in [2.24, 2.45) is 0 Å². The summed E-state index contributed by atoms with van der Waals surface area (Å²) in [5.41, 5.74) is -0.294. The van der Waals surface area contributed by atoms with Gasteiger partial charge in [0.2, 0.25) is 0 Å². The summed E-state index contributed by atoms with van der Waals surface area (Å²) in [5.74, 6) is 0. The maximum atomic E-state index is 10.3. The number of halogens is 1. The molecule has 1 heterocycles. The molecule has 2 nitrogen and oxygen atoms in total. The fourth-order valence-electron chi connectivity index (χ4n) is 3.10. The molecule has 2 aliphatic rings. The van der Waals surface area contributed by atoms with Crippen LogP contribution in [0.2, 0.25) is 0 Å². The van der Waals surface area contributed by atoms with Crippen LogP contribution in [0.15, 0.2) is 0 Å². The SMILES string of the molecule is Cl.OC1(CCCN2CCCC2)CCCCC1. The fourth-order valence-corrected chi connectivity index (χ4v) is 3.10. The summed E-state index contributed by atoms with van der Waals surface area (Å²) >= 11 is 0. The van der Waals surface area contributed by atoms with E-state index in [4.69, 9.17) is 0 Å². The number of hydrogen-bond donors (Lipinski definition) is 1. The molecule has 0 unspecified atom stereocenters. The van der Waals surface area contributed by atoms with E-state index in [1.165, 1.54) is 58.2 Å². The molecule has 16 heavy (non-hydrogen) atoms. The lowest BCUT2D eigenvalue weighted by Gasteiger charge is -2.32. The number of aliphatic hydroxyl groups is 1. The van der Waals surface area contributed by atoms with Gasteiger partial charge < -0.3 is 10.0 Å². The predicted molar refractivity (Wildman–Crippen MR) is 70.2 cm³/mol. The van der Waals surface area contributed by atoms with E-state index in [1.54, 1.807) is 0 Å². The molecule has 1 aliphatic heterocycles. The van der Waals surface area contributed by atoms with Crippen LogP contribution >= 0.6 is 12.4 Å². The molecule has 3 heteroatoms. The van der Waals surface area contributed by atoms with E-state index in [2.05, 4.69) is 4.90 Å². The molecular formula is C13H26ClNO. The first-order chi connectivity index (χ1) is 7.29. The Hall–Kier alpha value is 0.210. The molecular weight excluding hydrogens is 222 g/mol. The van der Waals surface area contributed by atoms with E-state index in [9.17, 15) is 5.11 Å². The first-order valence-electron chi connectivity index (χ1n) is 6.73. The van der Waals surface area contributed by atoms with Gasteiger partial charge in [-0.25, -0.2) is 0 Å². The lowest BCUT2D eigenvalue weighted by Crippen LogP contribution is -2.32. The quantitative estimate of drug-likeness (QED) is 0.826. The molecule has 96 valence electrons. The molecule has 2 fully saturated rings. The van der Waals surface area contributed by atoms with Crippen molar-refractivity contribution in [1.29, 1.82) is 0 Å². The van der Waals surface area contributed by atoms with Gasteiger partial charge in [0, 0.05) is 0 Å². The maximum absolute atomic E-state index is 10.3. The molecule has 2 rings (SSSR count). The van der Waals surface area contributed by atoms with Crippen LogP contribution < -0.4 is 0 Å². The number of likely N-dealkylation sites (tertiary alicyclic amines) is 1. The highest BCUT2D eigenvalue weighted by Gasteiger charge is 2.28. The van der Waals surface area contributed by atoms with E-state index >= 15 is 0 Å². The summed E-state index contributed by atoms with van der Waals surface area (Å²) in [6.07, 6.45) is 10.9. The summed E-state index contributed by atoms with van der Waals surface area (Å²) in [4.78, 5) is 2.55. The number of hydrogen-bond acceptors (Lipinski definition) is 2. The topological polar surface area (TPSA) is 23.5 Å². The third-order valence-electron chi connectivity index (χ3n) is 4.10. The molecule has 1 N–H and O–H groups in total. The van der Waals surface area contributed by atoms with Gasteiger partial charge >= 0.3 is 0 Å². The fraction of sp³-hybridized carbons (Fsp3) is 1.00. The van der Waals surface area contributed by atoms with Crippen molar-refractivity contribution in [3.63, 3.8) is 0 Å². The van der Waals surface area contributed by atoms with E-state index < -0.39 is 0 Å². The van der Waals surface area contributed by atoms with Crippen molar-refractivity contribution in [2.75, 3.05) is 19.6 Å². The Morgan fingerprint density at radius 1 is 0.938 bits per heavy atom. The van der Waals surface area contributed by atoms with Crippen LogP contribution in [0.4, 0.5) is 0 Å². The van der Waals surface area contributed by atoms with Gasteiger partial charge in [0.15, 0.2) is 0 Å². The van der Waals surface area contributed by atoms with Crippen LogP contribution in [0.25, 0.3) is 0 Å². The minimum absolute atomic E-state index is 0. The summed E-state index contributed by atoms with van der Waals surface area (Å²) in [5, 5.41) is 10.3. The van der Waals surface area contributed by atoms with Crippen LogP contribution in [-0.2, 0) is 0 Å². The average Bonchev–Trinajstić information content (AvgIpc) is 2.71.